The standard InChI is InChI=1S/C14H28N2/c1-4-14(5-2)11-16(8-6-7-15-14)13-9-12(3)10-13/h12-13,15H,4-11H2,1-3H3. The van der Waals surface area contributed by atoms with E-state index in [4.69, 9.17) is 0 Å². The quantitative estimate of drug-likeness (QED) is 0.793. The first-order valence-electron chi connectivity index (χ1n) is 7.18. The van der Waals surface area contributed by atoms with Gasteiger partial charge >= 0.3 is 0 Å². The van der Waals surface area contributed by atoms with Crippen LogP contribution in [-0.4, -0.2) is 36.1 Å². The van der Waals surface area contributed by atoms with Crippen molar-refractivity contribution in [1.82, 2.24) is 10.2 Å². The highest BCUT2D eigenvalue weighted by atomic mass is 15.2. The Bertz CT molecular complexity index is 217. The number of nitrogens with zero attached hydrogens (tertiary/aromatic N) is 1. The van der Waals surface area contributed by atoms with Crippen molar-refractivity contribution >= 4 is 0 Å². The van der Waals surface area contributed by atoms with Crippen LogP contribution in [0.1, 0.15) is 52.9 Å². The fourth-order valence-electron chi connectivity index (χ4n) is 3.35. The van der Waals surface area contributed by atoms with Crippen molar-refractivity contribution in [2.75, 3.05) is 19.6 Å². The molecule has 2 aliphatic rings. The number of hydrogen-bond donors (Lipinski definition) is 1. The monoisotopic (exact) mass is 224 g/mol. The van der Waals surface area contributed by atoms with Gasteiger partial charge in [0.15, 0.2) is 0 Å². The molecule has 16 heavy (non-hydrogen) atoms. The van der Waals surface area contributed by atoms with Crippen LogP contribution in [0.4, 0.5) is 0 Å². The van der Waals surface area contributed by atoms with E-state index in [9.17, 15) is 0 Å². The molecule has 2 rings (SSSR count). The van der Waals surface area contributed by atoms with Crippen molar-refractivity contribution in [3.8, 4) is 0 Å². The minimum atomic E-state index is 0.398. The van der Waals surface area contributed by atoms with E-state index in [0.29, 0.717) is 5.54 Å². The smallest absolute Gasteiger partial charge is 0.0303 e. The van der Waals surface area contributed by atoms with Crippen LogP contribution in [0, 0.1) is 5.92 Å². The van der Waals surface area contributed by atoms with E-state index in [0.717, 1.165) is 12.0 Å². The van der Waals surface area contributed by atoms with E-state index >= 15 is 0 Å². The van der Waals surface area contributed by atoms with Gasteiger partial charge in [-0.25, -0.2) is 0 Å². The second-order valence-electron chi connectivity index (χ2n) is 5.97. The maximum Gasteiger partial charge on any atom is 0.0303 e. The van der Waals surface area contributed by atoms with Crippen molar-refractivity contribution in [2.24, 2.45) is 5.92 Å². The molecule has 2 nitrogen and oxygen atoms in total. The average Bonchev–Trinajstić information content (AvgIpc) is 2.48. The average molecular weight is 224 g/mol. The topological polar surface area (TPSA) is 15.3 Å². The van der Waals surface area contributed by atoms with Crippen molar-refractivity contribution in [2.45, 2.75) is 64.5 Å². The molecule has 1 saturated heterocycles. The van der Waals surface area contributed by atoms with Crippen LogP contribution in [0.25, 0.3) is 0 Å². The van der Waals surface area contributed by atoms with Crippen LogP contribution in [0.15, 0.2) is 0 Å². The number of rotatable bonds is 3. The highest BCUT2D eigenvalue weighted by Gasteiger charge is 2.37. The summed E-state index contributed by atoms with van der Waals surface area (Å²) in [6, 6.07) is 0.896. The lowest BCUT2D eigenvalue weighted by Gasteiger charge is -2.45. The zero-order chi connectivity index (χ0) is 11.6. The molecular weight excluding hydrogens is 196 g/mol. The second kappa shape index (κ2) is 5.05. The van der Waals surface area contributed by atoms with E-state index in [1.54, 1.807) is 0 Å². The number of nitrogens with one attached hydrogen (secondary N) is 1. The summed E-state index contributed by atoms with van der Waals surface area (Å²) in [6.45, 7) is 10.9. The Morgan fingerprint density at radius 3 is 2.50 bits per heavy atom. The summed E-state index contributed by atoms with van der Waals surface area (Å²) < 4.78 is 0. The molecule has 1 aliphatic heterocycles. The molecule has 0 amide bonds. The van der Waals surface area contributed by atoms with Crippen LogP contribution in [0.3, 0.4) is 0 Å². The molecule has 0 spiro atoms. The summed E-state index contributed by atoms with van der Waals surface area (Å²) in [7, 11) is 0. The van der Waals surface area contributed by atoms with E-state index in [1.807, 2.05) is 0 Å². The van der Waals surface area contributed by atoms with Gasteiger partial charge < -0.3 is 5.32 Å². The van der Waals surface area contributed by atoms with Gasteiger partial charge in [0.25, 0.3) is 0 Å². The predicted octanol–water partition coefficient (Wildman–Crippen LogP) is 2.64. The molecule has 0 radical (unpaired) electrons. The predicted molar refractivity (Wildman–Crippen MR) is 69.7 cm³/mol. The van der Waals surface area contributed by atoms with Crippen LogP contribution in [-0.2, 0) is 0 Å². The van der Waals surface area contributed by atoms with Crippen LogP contribution >= 0.6 is 0 Å². The van der Waals surface area contributed by atoms with Crippen molar-refractivity contribution < 1.29 is 0 Å². The molecule has 0 unspecified atom stereocenters. The largest absolute Gasteiger partial charge is 0.310 e. The van der Waals surface area contributed by atoms with Crippen molar-refractivity contribution in [1.29, 1.82) is 0 Å². The summed E-state index contributed by atoms with van der Waals surface area (Å²) in [5.41, 5.74) is 0.398. The van der Waals surface area contributed by atoms with Gasteiger partial charge in [-0.3, -0.25) is 4.90 Å². The summed E-state index contributed by atoms with van der Waals surface area (Å²) in [5.74, 6) is 0.971. The normalized spacial score (nSPS) is 35.4. The van der Waals surface area contributed by atoms with E-state index < -0.39 is 0 Å². The van der Waals surface area contributed by atoms with Crippen LogP contribution in [0.5, 0.6) is 0 Å². The van der Waals surface area contributed by atoms with Gasteiger partial charge in [0, 0.05) is 18.1 Å². The minimum Gasteiger partial charge on any atom is -0.310 e. The van der Waals surface area contributed by atoms with Gasteiger partial charge in [-0.15, -0.1) is 0 Å². The second-order valence-corrected chi connectivity index (χ2v) is 5.97. The third kappa shape index (κ3) is 2.43. The SMILES string of the molecule is CCC1(CC)CN(C2CC(C)C2)CCCN1. The third-order valence-electron chi connectivity index (χ3n) is 4.85. The summed E-state index contributed by atoms with van der Waals surface area (Å²) >= 11 is 0. The molecule has 1 aliphatic carbocycles. The molecule has 0 aromatic carbocycles. The first kappa shape index (κ1) is 12.4. The highest BCUT2D eigenvalue weighted by Crippen LogP contribution is 2.33. The lowest BCUT2D eigenvalue weighted by molar-refractivity contribution is 0.0660. The first-order chi connectivity index (χ1) is 7.69. The Morgan fingerprint density at radius 2 is 1.94 bits per heavy atom. The van der Waals surface area contributed by atoms with Crippen molar-refractivity contribution in [3.63, 3.8) is 0 Å². The van der Waals surface area contributed by atoms with Gasteiger partial charge in [0.1, 0.15) is 0 Å². The maximum absolute atomic E-state index is 3.80. The minimum absolute atomic E-state index is 0.398. The lowest BCUT2D eigenvalue weighted by atomic mass is 9.80. The Balaban J connectivity index is 1.97. The third-order valence-corrected chi connectivity index (χ3v) is 4.85. The van der Waals surface area contributed by atoms with Gasteiger partial charge in [-0.1, -0.05) is 20.8 Å². The molecule has 0 aromatic rings. The van der Waals surface area contributed by atoms with Gasteiger partial charge in [-0.05, 0) is 51.1 Å². The van der Waals surface area contributed by atoms with Crippen LogP contribution < -0.4 is 5.32 Å². The number of hydrogen-bond acceptors (Lipinski definition) is 2. The van der Waals surface area contributed by atoms with E-state index in [-0.39, 0.29) is 0 Å². The Labute approximate surface area is 101 Å². The molecular formula is C14H28N2. The van der Waals surface area contributed by atoms with E-state index in [1.165, 1.54) is 51.7 Å². The first-order valence-corrected chi connectivity index (χ1v) is 7.18. The summed E-state index contributed by atoms with van der Waals surface area (Å²) in [6.07, 6.45) is 6.73. The van der Waals surface area contributed by atoms with Gasteiger partial charge in [0.2, 0.25) is 0 Å². The fraction of sp³-hybridized carbons (Fsp3) is 1.00. The fourth-order valence-corrected chi connectivity index (χ4v) is 3.35. The molecule has 1 saturated carbocycles. The zero-order valence-electron chi connectivity index (χ0n) is 11.3. The Hall–Kier alpha value is -0.0800. The molecule has 1 heterocycles. The molecule has 0 atom stereocenters. The summed E-state index contributed by atoms with van der Waals surface area (Å²) in [4.78, 5) is 2.77. The van der Waals surface area contributed by atoms with Crippen molar-refractivity contribution in [3.05, 3.63) is 0 Å². The Morgan fingerprint density at radius 1 is 1.25 bits per heavy atom. The molecule has 2 fully saturated rings. The molecule has 94 valence electrons. The van der Waals surface area contributed by atoms with E-state index in [2.05, 4.69) is 31.0 Å². The highest BCUT2D eigenvalue weighted by molar-refractivity contribution is 4.95. The van der Waals surface area contributed by atoms with Gasteiger partial charge in [0.05, 0.1) is 0 Å². The maximum atomic E-state index is 3.80. The molecule has 0 aromatic heterocycles. The Kier molecular flexibility index (Phi) is 3.91. The lowest BCUT2D eigenvalue weighted by Crippen LogP contribution is -2.54. The molecule has 2 heteroatoms. The van der Waals surface area contributed by atoms with Crippen LogP contribution in [0.2, 0.25) is 0 Å². The van der Waals surface area contributed by atoms with Gasteiger partial charge in [-0.2, -0.15) is 0 Å². The summed E-state index contributed by atoms with van der Waals surface area (Å²) in [5, 5.41) is 3.80. The zero-order valence-corrected chi connectivity index (χ0v) is 11.3. The molecule has 0 bridgehead atoms. The molecule has 1 N–H and O–H groups in total.